The third-order valence-electron chi connectivity index (χ3n) is 9.34. The Morgan fingerprint density at radius 1 is 0.455 bits per heavy atom. The summed E-state index contributed by atoms with van der Waals surface area (Å²) in [5.74, 6) is -3.25. The van der Waals surface area contributed by atoms with Crippen molar-refractivity contribution in [2.24, 2.45) is 0 Å². The summed E-state index contributed by atoms with van der Waals surface area (Å²) in [4.78, 5) is 37.8. The molecule has 0 spiro atoms. The molecule has 258 valence electrons. The predicted molar refractivity (Wildman–Crippen MR) is 182 cm³/mol. The number of unbranched alkanes of at least 4 members (excludes halogenated alkanes) is 16. The lowest BCUT2D eigenvalue weighted by atomic mass is 9.91. The standard InChI is InChI=1S/C37H69NO6/c1-5-9-10-11-12-13-14-15-16-17-18-19-20-21-22-23-24-25-26-27-31-38(32(28-6-2)35(39)40,33(29-7-3)36(41)42)34(30-8-4)37(43)44/h14-15,32-34H,5-13,16-31H2,1-4H3,(H2-,39,40,41,42,43,44)/p+1/b15-14+. The van der Waals surface area contributed by atoms with Crippen LogP contribution in [0.5, 0.6) is 0 Å². The maximum absolute atomic E-state index is 12.6. The zero-order valence-corrected chi connectivity index (χ0v) is 29.1. The number of quaternary nitrogens is 1. The van der Waals surface area contributed by atoms with Crippen LogP contribution in [0.2, 0.25) is 0 Å². The van der Waals surface area contributed by atoms with Gasteiger partial charge in [0.2, 0.25) is 0 Å². The van der Waals surface area contributed by atoms with Gasteiger partial charge in [-0.15, -0.1) is 0 Å². The van der Waals surface area contributed by atoms with E-state index >= 15 is 0 Å². The summed E-state index contributed by atoms with van der Waals surface area (Å²) in [6, 6.07) is -3.13. The second kappa shape index (κ2) is 27.4. The fourth-order valence-corrected chi connectivity index (χ4v) is 6.99. The Balaban J connectivity index is 4.74. The predicted octanol–water partition coefficient (Wildman–Crippen LogP) is 10.2. The van der Waals surface area contributed by atoms with Crippen LogP contribution in [0.3, 0.4) is 0 Å². The number of hydrogen-bond acceptors (Lipinski definition) is 3. The van der Waals surface area contributed by atoms with Gasteiger partial charge in [-0.05, 0) is 57.8 Å². The Hall–Kier alpha value is -1.89. The lowest BCUT2D eigenvalue weighted by Crippen LogP contribution is -2.72. The van der Waals surface area contributed by atoms with Gasteiger partial charge in [-0.3, -0.25) is 4.48 Å². The Morgan fingerprint density at radius 3 is 1.05 bits per heavy atom. The molecule has 7 nitrogen and oxygen atoms in total. The molecule has 3 N–H and O–H groups in total. The van der Waals surface area contributed by atoms with Crippen LogP contribution in [-0.4, -0.2) is 62.4 Å². The molecule has 0 fully saturated rings. The minimum Gasteiger partial charge on any atom is -0.477 e. The van der Waals surface area contributed by atoms with Crippen LogP contribution in [0, 0.1) is 0 Å². The van der Waals surface area contributed by atoms with Gasteiger partial charge in [-0.25, -0.2) is 14.4 Å². The van der Waals surface area contributed by atoms with Crippen molar-refractivity contribution in [1.82, 2.24) is 0 Å². The second-order valence-corrected chi connectivity index (χ2v) is 13.0. The highest BCUT2D eigenvalue weighted by Crippen LogP contribution is 2.34. The molecule has 0 heterocycles. The summed E-state index contributed by atoms with van der Waals surface area (Å²) in [6.07, 6.45) is 28.9. The molecule has 44 heavy (non-hydrogen) atoms. The van der Waals surface area contributed by atoms with Gasteiger partial charge >= 0.3 is 17.9 Å². The molecule has 0 saturated heterocycles. The van der Waals surface area contributed by atoms with E-state index in [1.807, 2.05) is 20.8 Å². The van der Waals surface area contributed by atoms with Crippen molar-refractivity contribution in [3.05, 3.63) is 12.2 Å². The van der Waals surface area contributed by atoms with E-state index in [1.54, 1.807) is 0 Å². The van der Waals surface area contributed by atoms with Crippen LogP contribution in [0.25, 0.3) is 0 Å². The minimum absolute atomic E-state index is 0.270. The molecule has 0 aromatic rings. The highest BCUT2D eigenvalue weighted by molar-refractivity contribution is 5.78. The van der Waals surface area contributed by atoms with Crippen LogP contribution in [0.15, 0.2) is 12.2 Å². The average Bonchev–Trinajstić information content (AvgIpc) is 2.98. The third-order valence-corrected chi connectivity index (χ3v) is 9.34. The Morgan fingerprint density at radius 2 is 0.750 bits per heavy atom. The van der Waals surface area contributed by atoms with Gasteiger partial charge in [0.1, 0.15) is 0 Å². The van der Waals surface area contributed by atoms with E-state index in [-0.39, 0.29) is 30.3 Å². The van der Waals surface area contributed by atoms with E-state index < -0.39 is 36.0 Å². The fraction of sp³-hybridized carbons (Fsp3) is 0.865. The number of allylic oxidation sites excluding steroid dienone is 2. The van der Waals surface area contributed by atoms with Crippen molar-refractivity contribution in [2.45, 2.75) is 200 Å². The molecule has 0 aromatic carbocycles. The first-order valence-corrected chi connectivity index (χ1v) is 18.4. The first-order valence-electron chi connectivity index (χ1n) is 18.4. The number of nitrogens with zero attached hydrogens (tertiary/aromatic N) is 1. The van der Waals surface area contributed by atoms with Crippen molar-refractivity contribution in [1.29, 1.82) is 0 Å². The Bertz CT molecular complexity index is 707. The summed E-state index contributed by atoms with van der Waals surface area (Å²) in [5.41, 5.74) is 0. The highest BCUT2D eigenvalue weighted by atomic mass is 16.4. The van der Waals surface area contributed by atoms with Gasteiger partial charge in [0, 0.05) is 19.3 Å². The van der Waals surface area contributed by atoms with E-state index in [9.17, 15) is 29.7 Å². The van der Waals surface area contributed by atoms with Crippen LogP contribution in [-0.2, 0) is 14.4 Å². The fourth-order valence-electron chi connectivity index (χ4n) is 6.99. The van der Waals surface area contributed by atoms with E-state index in [1.165, 1.54) is 89.9 Å². The van der Waals surface area contributed by atoms with E-state index in [2.05, 4.69) is 19.1 Å². The number of carboxylic acid groups (broad SMARTS) is 3. The van der Waals surface area contributed by atoms with Crippen molar-refractivity contribution < 1.29 is 34.2 Å². The number of aliphatic carboxylic acids is 3. The maximum atomic E-state index is 12.6. The molecule has 0 amide bonds. The zero-order valence-electron chi connectivity index (χ0n) is 29.1. The molecule has 0 aliphatic heterocycles. The number of hydrogen-bond donors (Lipinski definition) is 3. The van der Waals surface area contributed by atoms with Gasteiger partial charge in [0.25, 0.3) is 0 Å². The van der Waals surface area contributed by atoms with E-state index in [0.29, 0.717) is 25.7 Å². The number of carbonyl (C=O) groups is 3. The van der Waals surface area contributed by atoms with Crippen molar-refractivity contribution in [3.8, 4) is 0 Å². The van der Waals surface area contributed by atoms with Crippen molar-refractivity contribution in [2.75, 3.05) is 6.54 Å². The smallest absolute Gasteiger partial charge is 0.362 e. The van der Waals surface area contributed by atoms with E-state index in [0.717, 1.165) is 19.3 Å². The molecule has 0 aliphatic carbocycles. The highest BCUT2D eigenvalue weighted by Gasteiger charge is 2.56. The summed E-state index contributed by atoms with van der Waals surface area (Å²) in [7, 11) is 0. The summed E-state index contributed by atoms with van der Waals surface area (Å²) in [6.45, 7) is 8.17. The Kier molecular flexibility index (Phi) is 26.2. The molecule has 0 aromatic heterocycles. The monoisotopic (exact) mass is 625 g/mol. The molecule has 7 heteroatoms. The molecular weight excluding hydrogens is 554 g/mol. The Labute approximate surface area is 270 Å². The lowest BCUT2D eigenvalue weighted by Gasteiger charge is -2.50. The van der Waals surface area contributed by atoms with E-state index in [4.69, 9.17) is 0 Å². The van der Waals surface area contributed by atoms with Gasteiger partial charge in [0.15, 0.2) is 18.1 Å². The number of rotatable bonds is 32. The van der Waals surface area contributed by atoms with Gasteiger partial charge in [0.05, 0.1) is 6.54 Å². The summed E-state index contributed by atoms with van der Waals surface area (Å²) >= 11 is 0. The van der Waals surface area contributed by atoms with Crippen LogP contribution < -0.4 is 0 Å². The minimum atomic E-state index is -1.08. The molecule has 3 atom stereocenters. The quantitative estimate of drug-likeness (QED) is 0.0390. The average molecular weight is 625 g/mol. The van der Waals surface area contributed by atoms with Crippen LogP contribution >= 0.6 is 0 Å². The largest absolute Gasteiger partial charge is 0.477 e. The molecule has 0 saturated carbocycles. The van der Waals surface area contributed by atoms with Gasteiger partial charge in [-0.2, -0.15) is 0 Å². The normalized spacial score (nSPS) is 15.2. The van der Waals surface area contributed by atoms with Crippen molar-refractivity contribution >= 4 is 17.9 Å². The molecule has 0 aliphatic rings. The topological polar surface area (TPSA) is 112 Å². The maximum Gasteiger partial charge on any atom is 0.362 e. The van der Waals surface area contributed by atoms with Gasteiger partial charge in [-0.1, -0.05) is 117 Å². The first-order chi connectivity index (χ1) is 21.2. The van der Waals surface area contributed by atoms with Crippen molar-refractivity contribution in [3.63, 3.8) is 0 Å². The van der Waals surface area contributed by atoms with Crippen LogP contribution in [0.4, 0.5) is 0 Å². The third kappa shape index (κ3) is 17.0. The van der Waals surface area contributed by atoms with Gasteiger partial charge < -0.3 is 15.3 Å². The molecule has 3 unspecified atom stereocenters. The molecule has 0 radical (unpaired) electrons. The summed E-state index contributed by atoms with van der Waals surface area (Å²) < 4.78 is -0.371. The SMILES string of the molecule is CCCCCCC/C=C/CCCCCCCCCCCCC[N+](C(CCC)C(=O)O)(C(CCC)C(=O)O)C(CCC)C(=O)O. The second-order valence-electron chi connectivity index (χ2n) is 13.0. The molecule has 0 rings (SSSR count). The zero-order chi connectivity index (χ0) is 33.1. The summed E-state index contributed by atoms with van der Waals surface area (Å²) in [5, 5.41) is 30.9. The first kappa shape index (κ1) is 42.1. The van der Waals surface area contributed by atoms with Crippen LogP contribution in [0.1, 0.15) is 182 Å². The number of carboxylic acids is 3. The lowest BCUT2D eigenvalue weighted by molar-refractivity contribution is -0.973. The molecular formula is C37H70NO6+. The molecule has 0 bridgehead atoms.